The number of benzene rings is 1. The topological polar surface area (TPSA) is 51.8 Å². The van der Waals surface area contributed by atoms with E-state index in [1.807, 2.05) is 0 Å². The van der Waals surface area contributed by atoms with Crippen molar-refractivity contribution in [2.45, 2.75) is 6.54 Å². The van der Waals surface area contributed by atoms with Gasteiger partial charge in [-0.2, -0.15) is 0 Å². The highest BCUT2D eigenvalue weighted by Gasteiger charge is 2.09. The molecule has 1 aromatic carbocycles. The molecule has 0 atom stereocenters. The Labute approximate surface area is 104 Å². The van der Waals surface area contributed by atoms with Gasteiger partial charge in [-0.3, -0.25) is 0 Å². The summed E-state index contributed by atoms with van der Waals surface area (Å²) < 4.78 is 13.7. The van der Waals surface area contributed by atoms with Crippen LogP contribution >= 0.6 is 33.9 Å². The fourth-order valence-electron chi connectivity index (χ4n) is 1.11. The van der Waals surface area contributed by atoms with Crippen LogP contribution in [0.15, 0.2) is 18.2 Å². The first-order valence-electron chi connectivity index (χ1n) is 4.18. The zero-order valence-corrected chi connectivity index (χ0v) is 10.5. The van der Waals surface area contributed by atoms with Crippen LogP contribution in [0.3, 0.4) is 0 Å². The van der Waals surface area contributed by atoms with E-state index in [0.717, 1.165) is 19.1 Å². The van der Waals surface area contributed by atoms with Crippen LogP contribution in [0.25, 0.3) is 10.6 Å². The van der Waals surface area contributed by atoms with Crippen LogP contribution in [-0.2, 0) is 6.54 Å². The summed E-state index contributed by atoms with van der Waals surface area (Å²) in [6, 6.07) is 4.60. The minimum Gasteiger partial charge on any atom is -0.324 e. The number of hydrogen-bond acceptors (Lipinski definition) is 4. The van der Waals surface area contributed by atoms with Gasteiger partial charge in [-0.25, -0.2) is 4.39 Å². The van der Waals surface area contributed by atoms with E-state index in [-0.39, 0.29) is 5.82 Å². The molecule has 1 aromatic heterocycles. The van der Waals surface area contributed by atoms with Gasteiger partial charge in [0.15, 0.2) is 0 Å². The maximum atomic E-state index is 12.9. The van der Waals surface area contributed by atoms with E-state index >= 15 is 0 Å². The molecule has 0 radical (unpaired) electrons. The number of hydrogen-bond donors (Lipinski definition) is 1. The third-order valence-corrected chi connectivity index (χ3v) is 3.67. The summed E-state index contributed by atoms with van der Waals surface area (Å²) in [6.45, 7) is 0.384. The van der Waals surface area contributed by atoms with Gasteiger partial charge in [-0.15, -0.1) is 10.2 Å². The standard InChI is InChI=1S/C9H7FIN3S/c10-5-1-2-6(7(11)3-5)9-14-13-8(4-12)15-9/h1-3H,4,12H2. The van der Waals surface area contributed by atoms with Gasteiger partial charge in [-0.05, 0) is 40.8 Å². The predicted octanol–water partition coefficient (Wildman–Crippen LogP) is 2.41. The van der Waals surface area contributed by atoms with Crippen LogP contribution in [0.4, 0.5) is 4.39 Å². The van der Waals surface area contributed by atoms with E-state index in [1.165, 1.54) is 23.5 Å². The summed E-state index contributed by atoms with van der Waals surface area (Å²) in [6.07, 6.45) is 0. The quantitative estimate of drug-likeness (QED) is 0.858. The third-order valence-electron chi connectivity index (χ3n) is 1.80. The molecule has 3 nitrogen and oxygen atoms in total. The van der Waals surface area contributed by atoms with Gasteiger partial charge in [0, 0.05) is 15.7 Å². The second-order valence-electron chi connectivity index (χ2n) is 2.83. The van der Waals surface area contributed by atoms with Crippen molar-refractivity contribution in [1.82, 2.24) is 10.2 Å². The molecule has 15 heavy (non-hydrogen) atoms. The van der Waals surface area contributed by atoms with E-state index in [1.54, 1.807) is 6.07 Å². The van der Waals surface area contributed by atoms with Crippen molar-refractivity contribution in [1.29, 1.82) is 0 Å². The summed E-state index contributed by atoms with van der Waals surface area (Å²) in [5.74, 6) is -0.244. The van der Waals surface area contributed by atoms with Gasteiger partial charge < -0.3 is 5.73 Å². The number of halogens is 2. The van der Waals surface area contributed by atoms with E-state index in [9.17, 15) is 4.39 Å². The second-order valence-corrected chi connectivity index (χ2v) is 5.05. The second kappa shape index (κ2) is 4.50. The van der Waals surface area contributed by atoms with Crippen LogP contribution in [0, 0.1) is 9.39 Å². The summed E-state index contributed by atoms with van der Waals surface area (Å²) in [5, 5.41) is 9.49. The first kappa shape index (κ1) is 10.9. The average molecular weight is 335 g/mol. The predicted molar refractivity (Wildman–Crippen MR) is 65.9 cm³/mol. The van der Waals surface area contributed by atoms with Gasteiger partial charge in [-0.1, -0.05) is 11.3 Å². The highest BCUT2D eigenvalue weighted by atomic mass is 127. The van der Waals surface area contributed by atoms with Gasteiger partial charge in [0.2, 0.25) is 0 Å². The molecule has 0 bridgehead atoms. The van der Waals surface area contributed by atoms with Crippen molar-refractivity contribution in [3.8, 4) is 10.6 Å². The lowest BCUT2D eigenvalue weighted by atomic mass is 10.2. The van der Waals surface area contributed by atoms with E-state index in [0.29, 0.717) is 6.54 Å². The molecule has 2 N–H and O–H groups in total. The highest BCUT2D eigenvalue weighted by Crippen LogP contribution is 2.28. The first-order valence-corrected chi connectivity index (χ1v) is 6.08. The van der Waals surface area contributed by atoms with Crippen LogP contribution in [0.2, 0.25) is 0 Å². The smallest absolute Gasteiger partial charge is 0.148 e. The fraction of sp³-hybridized carbons (Fsp3) is 0.111. The molecule has 0 fully saturated rings. The third kappa shape index (κ3) is 2.32. The molecule has 0 saturated carbocycles. The minimum absolute atomic E-state index is 0.244. The highest BCUT2D eigenvalue weighted by molar-refractivity contribution is 14.1. The molecule has 1 heterocycles. The van der Waals surface area contributed by atoms with Crippen molar-refractivity contribution in [3.05, 3.63) is 32.6 Å². The van der Waals surface area contributed by atoms with Crippen LogP contribution in [0.1, 0.15) is 5.01 Å². The fourth-order valence-corrected chi connectivity index (χ4v) is 2.78. The number of rotatable bonds is 2. The molecule has 0 amide bonds. The lowest BCUT2D eigenvalue weighted by molar-refractivity contribution is 0.627. The molecule has 2 aromatic rings. The van der Waals surface area contributed by atoms with Crippen molar-refractivity contribution in [2.75, 3.05) is 0 Å². The Morgan fingerprint density at radius 3 is 2.80 bits per heavy atom. The monoisotopic (exact) mass is 335 g/mol. The van der Waals surface area contributed by atoms with Crippen LogP contribution in [-0.4, -0.2) is 10.2 Å². The van der Waals surface area contributed by atoms with Crippen LogP contribution < -0.4 is 5.73 Å². The zero-order valence-electron chi connectivity index (χ0n) is 7.58. The summed E-state index contributed by atoms with van der Waals surface area (Å²) in [4.78, 5) is 0. The minimum atomic E-state index is -0.244. The van der Waals surface area contributed by atoms with Gasteiger partial charge in [0.05, 0.1) is 0 Å². The largest absolute Gasteiger partial charge is 0.324 e. The Balaban J connectivity index is 2.44. The van der Waals surface area contributed by atoms with E-state index in [4.69, 9.17) is 5.73 Å². The molecule has 0 aliphatic carbocycles. The summed E-state index contributed by atoms with van der Waals surface area (Å²) in [7, 11) is 0. The number of nitrogens with two attached hydrogens (primary N) is 1. The molecule has 78 valence electrons. The zero-order chi connectivity index (χ0) is 10.8. The van der Waals surface area contributed by atoms with Crippen molar-refractivity contribution in [3.63, 3.8) is 0 Å². The average Bonchev–Trinajstić information content (AvgIpc) is 2.66. The Bertz CT molecular complexity index is 486. The number of nitrogens with zero attached hydrogens (tertiary/aromatic N) is 2. The molecular weight excluding hydrogens is 328 g/mol. The lowest BCUT2D eigenvalue weighted by Crippen LogP contribution is -1.94. The molecule has 6 heteroatoms. The molecule has 0 aliphatic rings. The van der Waals surface area contributed by atoms with Crippen molar-refractivity contribution in [2.24, 2.45) is 5.73 Å². The lowest BCUT2D eigenvalue weighted by Gasteiger charge is -1.98. The molecule has 0 spiro atoms. The van der Waals surface area contributed by atoms with Gasteiger partial charge in [0.25, 0.3) is 0 Å². The number of aromatic nitrogens is 2. The normalized spacial score (nSPS) is 10.6. The van der Waals surface area contributed by atoms with Crippen molar-refractivity contribution < 1.29 is 4.39 Å². The maximum absolute atomic E-state index is 12.9. The van der Waals surface area contributed by atoms with Gasteiger partial charge in [0.1, 0.15) is 15.8 Å². The SMILES string of the molecule is NCc1nnc(-c2ccc(F)cc2I)s1. The summed E-state index contributed by atoms with van der Waals surface area (Å²) >= 11 is 3.51. The van der Waals surface area contributed by atoms with E-state index in [2.05, 4.69) is 32.8 Å². The molecule has 2 rings (SSSR count). The maximum Gasteiger partial charge on any atom is 0.148 e. The van der Waals surface area contributed by atoms with Crippen LogP contribution in [0.5, 0.6) is 0 Å². The van der Waals surface area contributed by atoms with Gasteiger partial charge >= 0.3 is 0 Å². The van der Waals surface area contributed by atoms with E-state index < -0.39 is 0 Å². The Kier molecular flexibility index (Phi) is 3.27. The Hall–Kier alpha value is -0.600. The summed E-state index contributed by atoms with van der Waals surface area (Å²) in [5.41, 5.74) is 6.35. The molecule has 0 saturated heterocycles. The van der Waals surface area contributed by atoms with Crippen molar-refractivity contribution >= 4 is 33.9 Å². The molecule has 0 unspecified atom stereocenters. The Morgan fingerprint density at radius 2 is 2.20 bits per heavy atom. The molecular formula is C9H7FIN3S. The molecule has 0 aliphatic heterocycles. The Morgan fingerprint density at radius 1 is 1.40 bits per heavy atom. The first-order chi connectivity index (χ1) is 7.20.